The van der Waals surface area contributed by atoms with Gasteiger partial charge < -0.3 is 16.3 Å². The number of amidine groups is 1. The second kappa shape index (κ2) is 6.43. The van der Waals surface area contributed by atoms with Gasteiger partial charge >= 0.3 is 6.18 Å². The van der Waals surface area contributed by atoms with Crippen molar-refractivity contribution >= 4 is 23.1 Å². The first kappa shape index (κ1) is 17.4. The van der Waals surface area contributed by atoms with Gasteiger partial charge in [0.2, 0.25) is 0 Å². The van der Waals surface area contributed by atoms with Gasteiger partial charge in [-0.3, -0.25) is 0 Å². The monoisotopic (exact) mass is 323 g/mol. The lowest BCUT2D eigenvalue weighted by Crippen LogP contribution is -2.33. The lowest BCUT2D eigenvalue weighted by atomic mass is 9.88. The van der Waals surface area contributed by atoms with Gasteiger partial charge in [-0.25, -0.2) is 0 Å². The van der Waals surface area contributed by atoms with Gasteiger partial charge in [0.05, 0.1) is 16.3 Å². The summed E-state index contributed by atoms with van der Waals surface area (Å²) in [6, 6.07) is 3.59. The summed E-state index contributed by atoms with van der Waals surface area (Å²) in [6.45, 7) is 3.64. The normalized spacial score (nSPS) is 13.3. The number of nitrogens with one attached hydrogen (secondary N) is 1. The van der Waals surface area contributed by atoms with Gasteiger partial charge in [0, 0.05) is 12.0 Å². The van der Waals surface area contributed by atoms with Crippen molar-refractivity contribution in [1.82, 2.24) is 0 Å². The second-order valence-electron chi connectivity index (χ2n) is 5.21. The molecule has 0 fully saturated rings. The SMILES string of the molecule is CC(C)(CCNc1c(Cl)cccc1C(F)(F)F)C(N)=NO. The minimum Gasteiger partial charge on any atom is -0.409 e. The van der Waals surface area contributed by atoms with Crippen molar-refractivity contribution in [3.05, 3.63) is 28.8 Å². The molecule has 118 valence electrons. The third kappa shape index (κ3) is 4.42. The molecule has 0 bridgehead atoms. The van der Waals surface area contributed by atoms with E-state index in [1.165, 1.54) is 12.1 Å². The standard InChI is InChI=1S/C13H17ClF3N3O/c1-12(2,11(18)20-21)6-7-19-10-8(13(15,16)17)4-3-5-9(10)14/h3-5,19,21H,6-7H2,1-2H3,(H2,18,20). The fraction of sp³-hybridized carbons (Fsp3) is 0.462. The predicted octanol–water partition coefficient (Wildman–Crippen LogP) is 3.93. The third-order valence-electron chi connectivity index (χ3n) is 3.17. The average Bonchev–Trinajstić information content (AvgIpc) is 2.38. The first-order valence-electron chi connectivity index (χ1n) is 6.17. The van der Waals surface area contributed by atoms with Gasteiger partial charge in [-0.05, 0) is 18.6 Å². The molecule has 0 aromatic heterocycles. The van der Waals surface area contributed by atoms with Crippen LogP contribution in [0.2, 0.25) is 5.02 Å². The number of nitrogens with two attached hydrogens (primary N) is 1. The molecule has 8 heteroatoms. The van der Waals surface area contributed by atoms with Crippen molar-refractivity contribution < 1.29 is 18.4 Å². The van der Waals surface area contributed by atoms with Crippen LogP contribution in [0.15, 0.2) is 23.4 Å². The van der Waals surface area contributed by atoms with Crippen LogP contribution in [0.4, 0.5) is 18.9 Å². The van der Waals surface area contributed by atoms with Crippen molar-refractivity contribution in [1.29, 1.82) is 0 Å². The van der Waals surface area contributed by atoms with Crippen molar-refractivity contribution in [3.63, 3.8) is 0 Å². The summed E-state index contributed by atoms with van der Waals surface area (Å²) in [4.78, 5) is 0. The number of hydrogen-bond acceptors (Lipinski definition) is 3. The van der Waals surface area contributed by atoms with E-state index in [0.29, 0.717) is 6.42 Å². The Balaban J connectivity index is 2.86. The van der Waals surface area contributed by atoms with E-state index in [9.17, 15) is 13.2 Å². The smallest absolute Gasteiger partial charge is 0.409 e. The Morgan fingerprint density at radius 3 is 2.52 bits per heavy atom. The molecule has 1 aromatic rings. The molecule has 4 nitrogen and oxygen atoms in total. The van der Waals surface area contributed by atoms with Gasteiger partial charge in [0.25, 0.3) is 0 Å². The topological polar surface area (TPSA) is 70.6 Å². The summed E-state index contributed by atoms with van der Waals surface area (Å²) < 4.78 is 38.7. The molecule has 0 amide bonds. The number of hydrogen-bond donors (Lipinski definition) is 3. The summed E-state index contributed by atoms with van der Waals surface area (Å²) in [5.41, 5.74) is 3.89. The van der Waals surface area contributed by atoms with E-state index >= 15 is 0 Å². The highest BCUT2D eigenvalue weighted by molar-refractivity contribution is 6.33. The van der Waals surface area contributed by atoms with Crippen LogP contribution in [0, 0.1) is 5.41 Å². The molecule has 1 rings (SSSR count). The summed E-state index contributed by atoms with van der Waals surface area (Å²) in [5, 5.41) is 14.2. The fourth-order valence-electron chi connectivity index (χ4n) is 1.70. The third-order valence-corrected chi connectivity index (χ3v) is 3.49. The lowest BCUT2D eigenvalue weighted by Gasteiger charge is -2.24. The maximum Gasteiger partial charge on any atom is 0.418 e. The van der Waals surface area contributed by atoms with E-state index in [-0.39, 0.29) is 23.1 Å². The maximum absolute atomic E-state index is 12.9. The maximum atomic E-state index is 12.9. The summed E-state index contributed by atoms with van der Waals surface area (Å²) in [5.74, 6) is 0.0134. The van der Waals surface area contributed by atoms with Crippen LogP contribution in [0.1, 0.15) is 25.8 Å². The van der Waals surface area contributed by atoms with E-state index in [0.717, 1.165) is 6.07 Å². The second-order valence-corrected chi connectivity index (χ2v) is 5.61. The molecule has 0 aliphatic carbocycles. The molecule has 21 heavy (non-hydrogen) atoms. The number of halogens is 4. The molecule has 0 aliphatic rings. The summed E-state index contributed by atoms with van der Waals surface area (Å²) in [6.07, 6.45) is -4.13. The Morgan fingerprint density at radius 2 is 2.00 bits per heavy atom. The van der Waals surface area contributed by atoms with Gasteiger partial charge in [-0.15, -0.1) is 0 Å². The van der Waals surface area contributed by atoms with Crippen LogP contribution < -0.4 is 11.1 Å². The number of nitrogens with zero attached hydrogens (tertiary/aromatic N) is 1. The van der Waals surface area contributed by atoms with Crippen molar-refractivity contribution in [3.8, 4) is 0 Å². The van der Waals surface area contributed by atoms with Crippen molar-refractivity contribution in [2.45, 2.75) is 26.4 Å². The van der Waals surface area contributed by atoms with Crippen molar-refractivity contribution in [2.24, 2.45) is 16.3 Å². The van der Waals surface area contributed by atoms with Crippen molar-refractivity contribution in [2.75, 3.05) is 11.9 Å². The fourth-order valence-corrected chi connectivity index (χ4v) is 1.94. The number of rotatable bonds is 5. The zero-order chi connectivity index (χ0) is 16.3. The van der Waals surface area contributed by atoms with Crippen LogP contribution >= 0.6 is 11.6 Å². The summed E-state index contributed by atoms with van der Waals surface area (Å²) >= 11 is 5.82. The Labute approximate surface area is 125 Å². The van der Waals surface area contributed by atoms with Gasteiger partial charge in [0.1, 0.15) is 5.84 Å². The minimum absolute atomic E-state index is 0.00794. The molecule has 4 N–H and O–H groups in total. The van der Waals surface area contributed by atoms with Crippen LogP contribution in [0.5, 0.6) is 0 Å². The number of alkyl halides is 3. The van der Waals surface area contributed by atoms with Gasteiger partial charge in [-0.2, -0.15) is 13.2 Å². The Kier molecular flexibility index (Phi) is 5.33. The Morgan fingerprint density at radius 1 is 1.38 bits per heavy atom. The number of oxime groups is 1. The highest BCUT2D eigenvalue weighted by Crippen LogP contribution is 2.38. The highest BCUT2D eigenvalue weighted by atomic mass is 35.5. The molecule has 0 radical (unpaired) electrons. The molecular weight excluding hydrogens is 307 g/mol. The average molecular weight is 324 g/mol. The molecule has 0 aliphatic heterocycles. The largest absolute Gasteiger partial charge is 0.418 e. The van der Waals surface area contributed by atoms with Crippen LogP contribution in [0.3, 0.4) is 0 Å². The first-order chi connectivity index (χ1) is 9.59. The zero-order valence-electron chi connectivity index (χ0n) is 11.6. The molecule has 0 saturated heterocycles. The van der Waals surface area contributed by atoms with Crippen LogP contribution in [-0.4, -0.2) is 17.6 Å². The Bertz CT molecular complexity index is 530. The molecule has 1 aromatic carbocycles. The number of anilines is 1. The first-order valence-corrected chi connectivity index (χ1v) is 6.55. The molecule has 0 saturated carbocycles. The molecule has 0 spiro atoms. The van der Waals surface area contributed by atoms with Crippen LogP contribution in [-0.2, 0) is 6.18 Å². The molecular formula is C13H17ClF3N3O. The number of para-hydroxylation sites is 1. The predicted molar refractivity (Wildman–Crippen MR) is 76.8 cm³/mol. The quantitative estimate of drug-likeness (QED) is 0.333. The van der Waals surface area contributed by atoms with E-state index < -0.39 is 17.2 Å². The minimum atomic E-state index is -4.49. The molecule has 0 atom stereocenters. The molecule has 0 unspecified atom stereocenters. The van der Waals surface area contributed by atoms with E-state index in [1.54, 1.807) is 13.8 Å². The van der Waals surface area contributed by atoms with Gasteiger partial charge in [0.15, 0.2) is 0 Å². The van der Waals surface area contributed by atoms with E-state index in [1.807, 2.05) is 0 Å². The van der Waals surface area contributed by atoms with Gasteiger partial charge in [-0.1, -0.05) is 36.7 Å². The molecule has 0 heterocycles. The highest BCUT2D eigenvalue weighted by Gasteiger charge is 2.34. The zero-order valence-corrected chi connectivity index (χ0v) is 12.4. The number of benzene rings is 1. The van der Waals surface area contributed by atoms with Crippen LogP contribution in [0.25, 0.3) is 0 Å². The van der Waals surface area contributed by atoms with E-state index in [4.69, 9.17) is 22.5 Å². The Hall–Kier alpha value is -1.63. The lowest BCUT2D eigenvalue weighted by molar-refractivity contribution is -0.136. The summed E-state index contributed by atoms with van der Waals surface area (Å²) in [7, 11) is 0. The van der Waals surface area contributed by atoms with E-state index in [2.05, 4.69) is 10.5 Å².